The summed E-state index contributed by atoms with van der Waals surface area (Å²) in [6.45, 7) is 1.78. The fraction of sp³-hybridized carbons (Fsp3) is 0.222. The van der Waals surface area contributed by atoms with Crippen LogP contribution in [-0.4, -0.2) is 25.3 Å². The van der Waals surface area contributed by atoms with E-state index in [1.54, 1.807) is 0 Å². The predicted octanol–water partition coefficient (Wildman–Crippen LogP) is 3.08. The molecule has 0 aliphatic rings. The van der Waals surface area contributed by atoms with Crippen LogP contribution in [-0.2, 0) is 9.63 Å². The largest absolute Gasteiger partial charge is 0.487 e. The smallest absolute Gasteiger partial charge is 0.273 e. The maximum atomic E-state index is 12.9. The van der Waals surface area contributed by atoms with Gasteiger partial charge >= 0.3 is 0 Å². The standard InChI is InChI=1S/C18H19FN2O3/c1-13(14-6-4-3-5-7-14)20-18(22)17(21-23-2)12-24-16-10-8-15(19)9-11-16/h3-11,13H,12H2,1-2H3,(H,20,22). The molecule has 0 saturated heterocycles. The van der Waals surface area contributed by atoms with Crippen molar-refractivity contribution in [1.29, 1.82) is 0 Å². The zero-order chi connectivity index (χ0) is 17.4. The minimum atomic E-state index is -0.393. The first-order valence-corrected chi connectivity index (χ1v) is 7.44. The van der Waals surface area contributed by atoms with Crippen LogP contribution in [0.25, 0.3) is 0 Å². The quantitative estimate of drug-likeness (QED) is 0.627. The average molecular weight is 330 g/mol. The first kappa shape index (κ1) is 17.5. The summed E-state index contributed by atoms with van der Waals surface area (Å²) >= 11 is 0. The Balaban J connectivity index is 1.97. The molecule has 0 aromatic heterocycles. The van der Waals surface area contributed by atoms with E-state index in [1.165, 1.54) is 31.4 Å². The van der Waals surface area contributed by atoms with Crippen molar-refractivity contribution in [1.82, 2.24) is 5.32 Å². The molecule has 126 valence electrons. The van der Waals surface area contributed by atoms with Gasteiger partial charge in [-0.25, -0.2) is 4.39 Å². The van der Waals surface area contributed by atoms with Gasteiger partial charge in [0.1, 0.15) is 25.3 Å². The van der Waals surface area contributed by atoms with Crippen LogP contribution in [0.2, 0.25) is 0 Å². The molecule has 0 heterocycles. The van der Waals surface area contributed by atoms with E-state index in [-0.39, 0.29) is 24.2 Å². The number of carbonyl (C=O) groups excluding carboxylic acids is 1. The van der Waals surface area contributed by atoms with Gasteiger partial charge in [0.15, 0.2) is 5.71 Å². The molecule has 0 fully saturated rings. The van der Waals surface area contributed by atoms with E-state index >= 15 is 0 Å². The molecule has 2 rings (SSSR count). The fourth-order valence-corrected chi connectivity index (χ4v) is 2.03. The minimum Gasteiger partial charge on any atom is -0.487 e. The van der Waals surface area contributed by atoms with Crippen molar-refractivity contribution in [3.63, 3.8) is 0 Å². The summed E-state index contributed by atoms with van der Waals surface area (Å²) in [5.74, 6) is -0.318. The van der Waals surface area contributed by atoms with E-state index in [2.05, 4.69) is 10.5 Å². The first-order valence-electron chi connectivity index (χ1n) is 7.44. The number of amides is 1. The maximum absolute atomic E-state index is 12.9. The topological polar surface area (TPSA) is 59.9 Å². The van der Waals surface area contributed by atoms with Crippen LogP contribution in [0, 0.1) is 5.82 Å². The van der Waals surface area contributed by atoms with Crippen LogP contribution >= 0.6 is 0 Å². The summed E-state index contributed by atoms with van der Waals surface area (Å²) in [5.41, 5.74) is 1.06. The number of hydrogen-bond donors (Lipinski definition) is 1. The number of nitrogens with one attached hydrogen (secondary N) is 1. The molecule has 0 bridgehead atoms. The first-order chi connectivity index (χ1) is 11.6. The van der Waals surface area contributed by atoms with Crippen LogP contribution in [0.4, 0.5) is 4.39 Å². The molecule has 0 aliphatic heterocycles. The van der Waals surface area contributed by atoms with E-state index < -0.39 is 5.91 Å². The van der Waals surface area contributed by atoms with Gasteiger partial charge in [0, 0.05) is 0 Å². The molecule has 1 unspecified atom stereocenters. The highest BCUT2D eigenvalue weighted by molar-refractivity contribution is 6.39. The second-order valence-corrected chi connectivity index (χ2v) is 5.07. The van der Waals surface area contributed by atoms with Gasteiger partial charge in [-0.2, -0.15) is 0 Å². The van der Waals surface area contributed by atoms with Crippen molar-refractivity contribution in [2.45, 2.75) is 13.0 Å². The molecule has 6 heteroatoms. The highest BCUT2D eigenvalue weighted by atomic mass is 19.1. The molecule has 1 N–H and O–H groups in total. The Labute approximate surface area is 140 Å². The summed E-state index contributed by atoms with van der Waals surface area (Å²) in [7, 11) is 1.35. The maximum Gasteiger partial charge on any atom is 0.273 e. The van der Waals surface area contributed by atoms with E-state index in [0.717, 1.165) is 5.56 Å². The third-order valence-electron chi connectivity index (χ3n) is 3.30. The fourth-order valence-electron chi connectivity index (χ4n) is 2.03. The molecule has 0 spiro atoms. The number of ether oxygens (including phenoxy) is 1. The van der Waals surface area contributed by atoms with Gasteiger partial charge in [0.2, 0.25) is 0 Å². The van der Waals surface area contributed by atoms with Crippen molar-refractivity contribution < 1.29 is 18.8 Å². The molecule has 0 saturated carbocycles. The number of rotatable bonds is 7. The molecular weight excluding hydrogens is 311 g/mol. The van der Waals surface area contributed by atoms with Crippen LogP contribution in [0.1, 0.15) is 18.5 Å². The van der Waals surface area contributed by atoms with Crippen LogP contribution in [0.3, 0.4) is 0 Å². The lowest BCUT2D eigenvalue weighted by Gasteiger charge is -2.15. The number of oxime groups is 1. The van der Waals surface area contributed by atoms with Crippen LogP contribution in [0.15, 0.2) is 59.8 Å². The molecule has 5 nitrogen and oxygen atoms in total. The van der Waals surface area contributed by atoms with Gasteiger partial charge in [-0.15, -0.1) is 0 Å². The lowest BCUT2D eigenvalue weighted by Crippen LogP contribution is -2.36. The number of halogens is 1. The van der Waals surface area contributed by atoms with Crippen molar-refractivity contribution in [3.05, 3.63) is 66.0 Å². The lowest BCUT2D eigenvalue weighted by molar-refractivity contribution is -0.115. The van der Waals surface area contributed by atoms with Gasteiger partial charge in [-0.3, -0.25) is 4.79 Å². The predicted molar refractivity (Wildman–Crippen MR) is 89.3 cm³/mol. The summed E-state index contributed by atoms with van der Waals surface area (Å²) < 4.78 is 18.3. The summed E-state index contributed by atoms with van der Waals surface area (Å²) in [4.78, 5) is 17.0. The van der Waals surface area contributed by atoms with Gasteiger partial charge < -0.3 is 14.9 Å². The Bertz CT molecular complexity index is 687. The Morgan fingerprint density at radius 3 is 2.46 bits per heavy atom. The van der Waals surface area contributed by atoms with Crippen molar-refractivity contribution in [3.8, 4) is 5.75 Å². The number of benzene rings is 2. The van der Waals surface area contributed by atoms with Crippen LogP contribution in [0.5, 0.6) is 5.75 Å². The van der Waals surface area contributed by atoms with Gasteiger partial charge in [0.05, 0.1) is 6.04 Å². The molecular formula is C18H19FN2O3. The third kappa shape index (κ3) is 5.08. The molecule has 2 aromatic carbocycles. The van der Waals surface area contributed by atoms with Gasteiger partial charge in [-0.05, 0) is 36.8 Å². The normalized spacial score (nSPS) is 12.4. The second kappa shape index (κ2) is 8.67. The minimum absolute atomic E-state index is 0.0876. The zero-order valence-electron chi connectivity index (χ0n) is 13.5. The highest BCUT2D eigenvalue weighted by Crippen LogP contribution is 2.12. The Morgan fingerprint density at radius 2 is 1.83 bits per heavy atom. The molecule has 0 aliphatic carbocycles. The Morgan fingerprint density at radius 1 is 1.17 bits per heavy atom. The summed E-state index contributed by atoms with van der Waals surface area (Å²) in [6, 6.07) is 14.9. The van der Waals surface area contributed by atoms with E-state index in [0.29, 0.717) is 5.75 Å². The van der Waals surface area contributed by atoms with Crippen molar-refractivity contribution in [2.24, 2.45) is 5.16 Å². The van der Waals surface area contributed by atoms with Crippen molar-refractivity contribution in [2.75, 3.05) is 13.7 Å². The Kier molecular flexibility index (Phi) is 6.31. The highest BCUT2D eigenvalue weighted by Gasteiger charge is 2.17. The average Bonchev–Trinajstić information content (AvgIpc) is 2.60. The van der Waals surface area contributed by atoms with E-state index in [4.69, 9.17) is 9.57 Å². The Hall–Kier alpha value is -2.89. The molecule has 1 atom stereocenters. The molecule has 1 amide bonds. The molecule has 0 radical (unpaired) electrons. The zero-order valence-corrected chi connectivity index (χ0v) is 13.5. The third-order valence-corrected chi connectivity index (χ3v) is 3.30. The van der Waals surface area contributed by atoms with Gasteiger partial charge in [-0.1, -0.05) is 35.5 Å². The number of carbonyl (C=O) groups is 1. The van der Waals surface area contributed by atoms with E-state index in [9.17, 15) is 9.18 Å². The number of nitrogens with zero attached hydrogens (tertiary/aromatic N) is 1. The number of hydrogen-bond acceptors (Lipinski definition) is 4. The summed E-state index contributed by atoms with van der Waals surface area (Å²) in [6.07, 6.45) is 0. The lowest BCUT2D eigenvalue weighted by atomic mass is 10.1. The van der Waals surface area contributed by atoms with Gasteiger partial charge in [0.25, 0.3) is 5.91 Å². The molecule has 24 heavy (non-hydrogen) atoms. The van der Waals surface area contributed by atoms with E-state index in [1.807, 2.05) is 37.3 Å². The summed E-state index contributed by atoms with van der Waals surface area (Å²) in [5, 5.41) is 6.55. The van der Waals surface area contributed by atoms with Crippen LogP contribution < -0.4 is 10.1 Å². The SMILES string of the molecule is CON=C(COc1ccc(F)cc1)C(=O)NC(C)c1ccccc1. The monoisotopic (exact) mass is 330 g/mol. The second-order valence-electron chi connectivity index (χ2n) is 5.07. The van der Waals surface area contributed by atoms with Crippen molar-refractivity contribution >= 4 is 11.6 Å². The molecule has 2 aromatic rings.